The van der Waals surface area contributed by atoms with Gasteiger partial charge < -0.3 is 9.84 Å². The van der Waals surface area contributed by atoms with Crippen molar-refractivity contribution in [2.75, 3.05) is 7.11 Å². The van der Waals surface area contributed by atoms with E-state index in [1.54, 1.807) is 19.5 Å². The molecule has 0 fully saturated rings. The summed E-state index contributed by atoms with van der Waals surface area (Å²) in [5.41, 5.74) is 0.0715. The average molecular weight is 209 g/mol. The molecule has 3 nitrogen and oxygen atoms in total. The summed E-state index contributed by atoms with van der Waals surface area (Å²) in [5.74, 6) is 0.690. The molecule has 0 saturated heterocycles. The molecule has 0 bridgehead atoms. The number of hydrogen-bond acceptors (Lipinski definition) is 3. The van der Waals surface area contributed by atoms with Gasteiger partial charge in [0.1, 0.15) is 5.75 Å². The van der Waals surface area contributed by atoms with Crippen LogP contribution in [0, 0.1) is 0 Å². The van der Waals surface area contributed by atoms with E-state index in [0.29, 0.717) is 12.2 Å². The molecule has 1 N–H and O–H groups in total. The molecule has 1 aromatic heterocycles. The van der Waals surface area contributed by atoms with Gasteiger partial charge in [-0.05, 0) is 18.9 Å². The molecule has 1 aromatic rings. The zero-order chi connectivity index (χ0) is 11.3. The van der Waals surface area contributed by atoms with E-state index in [4.69, 9.17) is 4.74 Å². The number of rotatable bonds is 5. The second kappa shape index (κ2) is 5.12. The molecule has 15 heavy (non-hydrogen) atoms. The van der Waals surface area contributed by atoms with Gasteiger partial charge >= 0.3 is 0 Å². The molecule has 0 aliphatic heterocycles. The lowest BCUT2D eigenvalue weighted by molar-refractivity contribution is 0.0221. The maximum Gasteiger partial charge on any atom is 0.137 e. The maximum atomic E-state index is 10.4. The van der Waals surface area contributed by atoms with Gasteiger partial charge in [-0.25, -0.2) is 0 Å². The first-order chi connectivity index (χ1) is 7.16. The first-order valence-electron chi connectivity index (χ1n) is 5.38. The van der Waals surface area contributed by atoms with Crippen LogP contribution in [0.15, 0.2) is 18.5 Å². The highest BCUT2D eigenvalue weighted by Crippen LogP contribution is 2.31. The zero-order valence-electron chi connectivity index (χ0n) is 9.66. The third-order valence-electron chi connectivity index (χ3n) is 2.73. The third kappa shape index (κ3) is 2.69. The van der Waals surface area contributed by atoms with E-state index in [0.717, 1.165) is 18.4 Å². The van der Waals surface area contributed by atoms with Gasteiger partial charge in [-0.1, -0.05) is 20.3 Å². The Hall–Kier alpha value is -1.09. The fourth-order valence-electron chi connectivity index (χ4n) is 1.72. The summed E-state index contributed by atoms with van der Waals surface area (Å²) in [7, 11) is 1.60. The molecule has 0 amide bonds. The molecule has 1 atom stereocenters. The van der Waals surface area contributed by atoms with Crippen LogP contribution in [0.1, 0.15) is 38.7 Å². The summed E-state index contributed by atoms with van der Waals surface area (Å²) in [6, 6.07) is 1.85. The molecular weight excluding hydrogens is 190 g/mol. The van der Waals surface area contributed by atoms with E-state index in [2.05, 4.69) is 11.9 Å². The summed E-state index contributed by atoms with van der Waals surface area (Å²) >= 11 is 0. The smallest absolute Gasteiger partial charge is 0.137 e. The van der Waals surface area contributed by atoms with Crippen molar-refractivity contribution in [1.29, 1.82) is 0 Å². The minimum absolute atomic E-state index is 0.690. The number of pyridine rings is 1. The van der Waals surface area contributed by atoms with Crippen LogP contribution in [0.5, 0.6) is 5.75 Å². The van der Waals surface area contributed by atoms with Crippen molar-refractivity contribution in [2.24, 2.45) is 0 Å². The quantitative estimate of drug-likeness (QED) is 0.810. The first-order valence-corrected chi connectivity index (χ1v) is 5.38. The molecular formula is C12H19NO2. The van der Waals surface area contributed by atoms with Crippen molar-refractivity contribution in [2.45, 2.75) is 38.7 Å². The highest BCUT2D eigenvalue weighted by atomic mass is 16.5. The highest BCUT2D eigenvalue weighted by molar-refractivity contribution is 5.27. The summed E-state index contributed by atoms with van der Waals surface area (Å²) in [6.07, 6.45) is 5.74. The minimum Gasteiger partial charge on any atom is -0.495 e. The van der Waals surface area contributed by atoms with Crippen molar-refractivity contribution in [3.05, 3.63) is 24.0 Å². The van der Waals surface area contributed by atoms with Crippen molar-refractivity contribution in [3.63, 3.8) is 0 Å². The van der Waals surface area contributed by atoms with Crippen LogP contribution in [0.4, 0.5) is 0 Å². The number of methoxy groups -OCH3 is 1. The second-order valence-corrected chi connectivity index (χ2v) is 3.75. The van der Waals surface area contributed by atoms with E-state index in [1.165, 1.54) is 0 Å². The second-order valence-electron chi connectivity index (χ2n) is 3.75. The van der Waals surface area contributed by atoms with Crippen LogP contribution in [0.25, 0.3) is 0 Å². The van der Waals surface area contributed by atoms with Gasteiger partial charge in [0.25, 0.3) is 0 Å². The molecule has 3 heteroatoms. The molecule has 0 saturated carbocycles. The van der Waals surface area contributed by atoms with Crippen LogP contribution in [-0.4, -0.2) is 17.2 Å². The topological polar surface area (TPSA) is 42.4 Å². The monoisotopic (exact) mass is 209 g/mol. The normalized spacial score (nSPS) is 14.7. The average Bonchev–Trinajstić information content (AvgIpc) is 2.29. The van der Waals surface area contributed by atoms with Gasteiger partial charge in [-0.2, -0.15) is 0 Å². The molecule has 0 aliphatic carbocycles. The van der Waals surface area contributed by atoms with Crippen molar-refractivity contribution in [1.82, 2.24) is 4.98 Å². The van der Waals surface area contributed by atoms with Crippen LogP contribution in [0.2, 0.25) is 0 Å². The van der Waals surface area contributed by atoms with E-state index in [1.807, 2.05) is 13.0 Å². The fraction of sp³-hybridized carbons (Fsp3) is 0.583. The first kappa shape index (κ1) is 12.0. The Balaban J connectivity index is 3.00. The number of aliphatic hydroxyl groups is 1. The number of ether oxygens (including phenoxy) is 1. The van der Waals surface area contributed by atoms with Crippen molar-refractivity contribution >= 4 is 0 Å². The van der Waals surface area contributed by atoms with Crippen LogP contribution < -0.4 is 4.74 Å². The molecule has 84 valence electrons. The van der Waals surface area contributed by atoms with Crippen molar-refractivity contribution < 1.29 is 9.84 Å². The highest BCUT2D eigenvalue weighted by Gasteiger charge is 2.26. The van der Waals surface area contributed by atoms with E-state index < -0.39 is 5.60 Å². The maximum absolute atomic E-state index is 10.4. The Morgan fingerprint density at radius 3 is 2.67 bits per heavy atom. The Kier molecular flexibility index (Phi) is 4.09. The van der Waals surface area contributed by atoms with Gasteiger partial charge in [0.05, 0.1) is 18.9 Å². The standard InChI is InChI=1S/C12H19NO2/c1-4-6-12(14,5-2)10-7-11(15-3)9-13-8-10/h7-9,14H,4-6H2,1-3H3. The molecule has 0 aliphatic rings. The minimum atomic E-state index is -0.768. The molecule has 1 heterocycles. The zero-order valence-corrected chi connectivity index (χ0v) is 9.66. The van der Waals surface area contributed by atoms with Crippen molar-refractivity contribution in [3.8, 4) is 5.75 Å². The fourth-order valence-corrected chi connectivity index (χ4v) is 1.72. The van der Waals surface area contributed by atoms with E-state index in [-0.39, 0.29) is 0 Å². The SMILES string of the molecule is CCCC(O)(CC)c1cncc(OC)c1. The number of hydrogen-bond donors (Lipinski definition) is 1. The summed E-state index contributed by atoms with van der Waals surface area (Å²) in [6.45, 7) is 4.05. The Bertz CT molecular complexity index is 314. The predicted molar refractivity (Wildman–Crippen MR) is 59.9 cm³/mol. The van der Waals surface area contributed by atoms with E-state index in [9.17, 15) is 5.11 Å². The van der Waals surface area contributed by atoms with Crippen LogP contribution >= 0.6 is 0 Å². The third-order valence-corrected chi connectivity index (χ3v) is 2.73. The lowest BCUT2D eigenvalue weighted by Gasteiger charge is -2.26. The van der Waals surface area contributed by atoms with Gasteiger partial charge in [0.15, 0.2) is 0 Å². The van der Waals surface area contributed by atoms with Gasteiger partial charge in [0.2, 0.25) is 0 Å². The molecule has 0 radical (unpaired) electrons. The van der Waals surface area contributed by atoms with Crippen LogP contribution in [0.3, 0.4) is 0 Å². The number of nitrogens with zero attached hydrogens (tertiary/aromatic N) is 1. The van der Waals surface area contributed by atoms with Gasteiger partial charge in [-0.15, -0.1) is 0 Å². The van der Waals surface area contributed by atoms with Crippen LogP contribution in [-0.2, 0) is 5.60 Å². The summed E-state index contributed by atoms with van der Waals surface area (Å²) in [4.78, 5) is 4.07. The Morgan fingerprint density at radius 1 is 1.40 bits per heavy atom. The lowest BCUT2D eigenvalue weighted by atomic mass is 9.88. The Morgan fingerprint density at radius 2 is 2.13 bits per heavy atom. The Labute approximate surface area is 91.1 Å². The summed E-state index contributed by atoms with van der Waals surface area (Å²) in [5, 5.41) is 10.4. The largest absolute Gasteiger partial charge is 0.495 e. The molecule has 1 rings (SSSR count). The van der Waals surface area contributed by atoms with E-state index >= 15 is 0 Å². The summed E-state index contributed by atoms with van der Waals surface area (Å²) < 4.78 is 5.10. The molecule has 0 aromatic carbocycles. The predicted octanol–water partition coefficient (Wildman–Crippen LogP) is 2.49. The lowest BCUT2D eigenvalue weighted by Crippen LogP contribution is -2.24. The van der Waals surface area contributed by atoms with Gasteiger partial charge in [-0.3, -0.25) is 4.98 Å². The molecule has 1 unspecified atom stereocenters. The number of aromatic nitrogens is 1. The molecule has 0 spiro atoms. The van der Waals surface area contributed by atoms with Gasteiger partial charge in [0, 0.05) is 11.8 Å².